The van der Waals surface area contributed by atoms with Crippen molar-refractivity contribution < 1.29 is 4.42 Å². The van der Waals surface area contributed by atoms with Crippen molar-refractivity contribution in [1.82, 2.24) is 5.32 Å². The molecule has 1 aromatic rings. The van der Waals surface area contributed by atoms with Gasteiger partial charge in [-0.15, -0.1) is 0 Å². The smallest absolute Gasteiger partial charge is 0.120 e. The van der Waals surface area contributed by atoms with E-state index < -0.39 is 0 Å². The molecule has 2 heteroatoms. The van der Waals surface area contributed by atoms with Gasteiger partial charge >= 0.3 is 0 Å². The van der Waals surface area contributed by atoms with Crippen LogP contribution in [0.2, 0.25) is 0 Å². The van der Waals surface area contributed by atoms with Gasteiger partial charge in [-0.3, -0.25) is 0 Å². The van der Waals surface area contributed by atoms with E-state index in [1.807, 2.05) is 13.0 Å². The molecular formula is C14H23NO. The Morgan fingerprint density at radius 1 is 1.44 bits per heavy atom. The van der Waals surface area contributed by atoms with Crippen molar-refractivity contribution in [3.63, 3.8) is 0 Å². The molecule has 0 aliphatic heterocycles. The summed E-state index contributed by atoms with van der Waals surface area (Å²) >= 11 is 0. The van der Waals surface area contributed by atoms with Crippen LogP contribution in [0.4, 0.5) is 0 Å². The number of rotatable bonds is 4. The van der Waals surface area contributed by atoms with Gasteiger partial charge in [-0.1, -0.05) is 19.8 Å². The van der Waals surface area contributed by atoms with Gasteiger partial charge in [0.2, 0.25) is 0 Å². The molecule has 1 aliphatic rings. The van der Waals surface area contributed by atoms with Gasteiger partial charge in [-0.05, 0) is 44.7 Å². The Bertz CT molecular complexity index is 331. The molecule has 16 heavy (non-hydrogen) atoms. The Morgan fingerprint density at radius 3 is 2.88 bits per heavy atom. The zero-order valence-corrected chi connectivity index (χ0v) is 10.6. The average Bonchev–Trinajstić information content (AvgIpc) is 2.86. The van der Waals surface area contributed by atoms with Crippen molar-refractivity contribution in [2.45, 2.75) is 58.5 Å². The highest BCUT2D eigenvalue weighted by Crippen LogP contribution is 2.30. The summed E-state index contributed by atoms with van der Waals surface area (Å²) in [6, 6.07) is 5.15. The number of furan rings is 1. The minimum Gasteiger partial charge on any atom is -0.465 e. The third-order valence-corrected chi connectivity index (χ3v) is 3.84. The Balaban J connectivity index is 1.94. The molecule has 90 valence electrons. The van der Waals surface area contributed by atoms with Crippen molar-refractivity contribution >= 4 is 0 Å². The van der Waals surface area contributed by atoms with Crippen LogP contribution in [0.5, 0.6) is 0 Å². The lowest BCUT2D eigenvalue weighted by molar-refractivity contribution is 0.329. The van der Waals surface area contributed by atoms with Crippen LogP contribution in [0.25, 0.3) is 0 Å². The van der Waals surface area contributed by atoms with Gasteiger partial charge in [0.15, 0.2) is 0 Å². The van der Waals surface area contributed by atoms with Crippen LogP contribution in [-0.2, 0) is 0 Å². The van der Waals surface area contributed by atoms with E-state index in [0.717, 1.165) is 17.4 Å². The molecule has 0 aromatic carbocycles. The highest BCUT2D eigenvalue weighted by Gasteiger charge is 2.27. The summed E-state index contributed by atoms with van der Waals surface area (Å²) in [7, 11) is 0. The Kier molecular flexibility index (Phi) is 3.70. The largest absolute Gasteiger partial charge is 0.465 e. The summed E-state index contributed by atoms with van der Waals surface area (Å²) < 4.78 is 5.66. The lowest BCUT2D eigenvalue weighted by Gasteiger charge is -2.23. The van der Waals surface area contributed by atoms with Crippen LogP contribution in [-0.4, -0.2) is 6.04 Å². The maximum Gasteiger partial charge on any atom is 0.120 e. The van der Waals surface area contributed by atoms with Crippen LogP contribution in [0.1, 0.15) is 57.1 Å². The van der Waals surface area contributed by atoms with Crippen LogP contribution in [0, 0.1) is 12.8 Å². The topological polar surface area (TPSA) is 25.2 Å². The van der Waals surface area contributed by atoms with E-state index in [4.69, 9.17) is 4.42 Å². The fraction of sp³-hybridized carbons (Fsp3) is 0.714. The number of hydrogen-bond acceptors (Lipinski definition) is 2. The predicted octanol–water partition coefficient (Wildman–Crippen LogP) is 3.82. The first-order valence-electron chi connectivity index (χ1n) is 6.53. The number of aryl methyl sites for hydroxylation is 1. The standard InChI is InChI=1S/C14H23NO/c1-4-12-6-5-7-13(12)15-11(3)14-9-8-10(2)16-14/h8-9,11-13,15H,4-7H2,1-3H3. The molecule has 1 fully saturated rings. The molecule has 0 bridgehead atoms. The monoisotopic (exact) mass is 221 g/mol. The normalized spacial score (nSPS) is 27.2. The average molecular weight is 221 g/mol. The van der Waals surface area contributed by atoms with E-state index in [9.17, 15) is 0 Å². The van der Waals surface area contributed by atoms with Crippen LogP contribution in [0.3, 0.4) is 0 Å². The van der Waals surface area contributed by atoms with E-state index in [1.165, 1.54) is 25.7 Å². The van der Waals surface area contributed by atoms with Crippen molar-refractivity contribution in [2.24, 2.45) is 5.92 Å². The SMILES string of the molecule is CCC1CCCC1NC(C)c1ccc(C)o1. The quantitative estimate of drug-likeness (QED) is 0.836. The van der Waals surface area contributed by atoms with Crippen molar-refractivity contribution in [1.29, 1.82) is 0 Å². The van der Waals surface area contributed by atoms with E-state index in [1.54, 1.807) is 0 Å². The van der Waals surface area contributed by atoms with Crippen LogP contribution in [0.15, 0.2) is 16.5 Å². The maximum atomic E-state index is 5.66. The van der Waals surface area contributed by atoms with Crippen molar-refractivity contribution in [2.75, 3.05) is 0 Å². The molecule has 1 aromatic heterocycles. The van der Waals surface area contributed by atoms with E-state index in [-0.39, 0.29) is 0 Å². The van der Waals surface area contributed by atoms with E-state index in [0.29, 0.717) is 12.1 Å². The third kappa shape index (κ3) is 2.49. The second-order valence-corrected chi connectivity index (χ2v) is 5.04. The number of nitrogens with one attached hydrogen (secondary N) is 1. The minimum absolute atomic E-state index is 0.339. The van der Waals surface area contributed by atoms with E-state index >= 15 is 0 Å². The summed E-state index contributed by atoms with van der Waals surface area (Å²) in [5.41, 5.74) is 0. The second-order valence-electron chi connectivity index (χ2n) is 5.04. The fourth-order valence-electron chi connectivity index (χ4n) is 2.83. The molecular weight excluding hydrogens is 198 g/mol. The first kappa shape index (κ1) is 11.7. The van der Waals surface area contributed by atoms with Gasteiger partial charge in [-0.2, -0.15) is 0 Å². The van der Waals surface area contributed by atoms with Crippen LogP contribution < -0.4 is 5.32 Å². The van der Waals surface area contributed by atoms with Crippen molar-refractivity contribution in [3.8, 4) is 0 Å². The molecule has 1 heterocycles. The lowest BCUT2D eigenvalue weighted by atomic mass is 10.00. The zero-order chi connectivity index (χ0) is 11.5. The third-order valence-electron chi connectivity index (χ3n) is 3.84. The van der Waals surface area contributed by atoms with Gasteiger partial charge < -0.3 is 9.73 Å². The summed E-state index contributed by atoms with van der Waals surface area (Å²) in [5, 5.41) is 3.72. The lowest BCUT2D eigenvalue weighted by Crippen LogP contribution is -2.34. The van der Waals surface area contributed by atoms with Gasteiger partial charge in [-0.25, -0.2) is 0 Å². The Labute approximate surface area is 98.4 Å². The Morgan fingerprint density at radius 2 is 2.25 bits per heavy atom. The molecule has 1 saturated carbocycles. The van der Waals surface area contributed by atoms with Gasteiger partial charge in [0, 0.05) is 6.04 Å². The molecule has 0 radical (unpaired) electrons. The highest BCUT2D eigenvalue weighted by atomic mass is 16.3. The summed E-state index contributed by atoms with van der Waals surface area (Å²) in [4.78, 5) is 0. The van der Waals surface area contributed by atoms with Crippen molar-refractivity contribution in [3.05, 3.63) is 23.7 Å². The molecule has 0 saturated heterocycles. The summed E-state index contributed by atoms with van der Waals surface area (Å²) in [5.74, 6) is 2.93. The summed E-state index contributed by atoms with van der Waals surface area (Å²) in [6.07, 6.45) is 5.38. The van der Waals surface area contributed by atoms with E-state index in [2.05, 4.69) is 25.2 Å². The molecule has 3 unspecified atom stereocenters. The fourth-order valence-corrected chi connectivity index (χ4v) is 2.83. The molecule has 3 atom stereocenters. The molecule has 0 amide bonds. The summed E-state index contributed by atoms with van der Waals surface area (Å²) in [6.45, 7) is 6.50. The first-order chi connectivity index (χ1) is 7.70. The second kappa shape index (κ2) is 5.05. The number of hydrogen-bond donors (Lipinski definition) is 1. The predicted molar refractivity (Wildman–Crippen MR) is 66.4 cm³/mol. The highest BCUT2D eigenvalue weighted by molar-refractivity contribution is 5.09. The molecule has 1 N–H and O–H groups in total. The molecule has 1 aliphatic carbocycles. The van der Waals surface area contributed by atoms with Crippen LogP contribution >= 0.6 is 0 Å². The molecule has 2 nitrogen and oxygen atoms in total. The van der Waals surface area contributed by atoms with Gasteiger partial charge in [0.25, 0.3) is 0 Å². The first-order valence-corrected chi connectivity index (χ1v) is 6.53. The van der Waals surface area contributed by atoms with Gasteiger partial charge in [0.1, 0.15) is 11.5 Å². The molecule has 0 spiro atoms. The maximum absolute atomic E-state index is 5.66. The molecule has 2 rings (SSSR count). The van der Waals surface area contributed by atoms with Gasteiger partial charge in [0.05, 0.1) is 6.04 Å². The Hall–Kier alpha value is -0.760. The minimum atomic E-state index is 0.339. The zero-order valence-electron chi connectivity index (χ0n) is 10.6.